The van der Waals surface area contributed by atoms with E-state index in [0.717, 1.165) is 38.5 Å². The molecule has 3 aliphatic rings. The van der Waals surface area contributed by atoms with Gasteiger partial charge in [0.2, 0.25) is 0 Å². The Morgan fingerprint density at radius 3 is 1.83 bits per heavy atom. The Hall–Kier alpha value is -0.0800. The third-order valence-corrected chi connectivity index (χ3v) is 4.25. The third-order valence-electron chi connectivity index (χ3n) is 4.25. The van der Waals surface area contributed by atoms with Crippen LogP contribution in [-0.2, 0) is 0 Å². The zero-order chi connectivity index (χ0) is 8.82. The first-order chi connectivity index (χ1) is 5.56. The zero-order valence-corrected chi connectivity index (χ0v) is 7.84. The Labute approximate surface area is 74.1 Å². The van der Waals surface area contributed by atoms with Crippen molar-refractivity contribution in [2.24, 2.45) is 11.1 Å². The summed E-state index contributed by atoms with van der Waals surface area (Å²) in [5, 5.41) is 9.70. The maximum atomic E-state index is 9.70. The molecular formula is C10H19NO. The molecule has 1 atom stereocenters. The molecule has 12 heavy (non-hydrogen) atoms. The lowest BCUT2D eigenvalue weighted by atomic mass is 9.56. The van der Waals surface area contributed by atoms with Crippen molar-refractivity contribution in [3.05, 3.63) is 0 Å². The molecular weight excluding hydrogens is 150 g/mol. The summed E-state index contributed by atoms with van der Waals surface area (Å²) in [6.45, 7) is 1.94. The fourth-order valence-corrected chi connectivity index (χ4v) is 2.87. The molecule has 0 heterocycles. The van der Waals surface area contributed by atoms with E-state index in [1.807, 2.05) is 6.92 Å². The second-order valence-corrected chi connectivity index (χ2v) is 4.90. The van der Waals surface area contributed by atoms with Crippen LogP contribution in [0, 0.1) is 5.41 Å². The van der Waals surface area contributed by atoms with Crippen LogP contribution in [0.1, 0.15) is 45.4 Å². The fraction of sp³-hybridized carbons (Fsp3) is 1.00. The van der Waals surface area contributed by atoms with E-state index in [4.69, 9.17) is 5.73 Å². The maximum absolute atomic E-state index is 9.70. The van der Waals surface area contributed by atoms with Gasteiger partial charge >= 0.3 is 0 Å². The van der Waals surface area contributed by atoms with Crippen LogP contribution in [0.25, 0.3) is 0 Å². The summed E-state index contributed by atoms with van der Waals surface area (Å²) >= 11 is 0. The number of nitrogens with two attached hydrogens (primary N) is 1. The molecule has 70 valence electrons. The SMILES string of the molecule is CC(O)C12CCC(N)(CC1)CC2. The van der Waals surface area contributed by atoms with E-state index in [1.165, 1.54) is 0 Å². The molecule has 0 radical (unpaired) electrons. The minimum absolute atomic E-state index is 0.136. The predicted molar refractivity (Wildman–Crippen MR) is 48.7 cm³/mol. The lowest BCUT2D eigenvalue weighted by Crippen LogP contribution is -2.54. The van der Waals surface area contributed by atoms with Crippen molar-refractivity contribution in [2.45, 2.75) is 57.1 Å². The van der Waals surface area contributed by atoms with Gasteiger partial charge in [-0.05, 0) is 50.9 Å². The summed E-state index contributed by atoms with van der Waals surface area (Å²) in [6.07, 6.45) is 6.65. The van der Waals surface area contributed by atoms with Crippen molar-refractivity contribution in [3.8, 4) is 0 Å². The number of rotatable bonds is 1. The zero-order valence-electron chi connectivity index (χ0n) is 7.84. The molecule has 0 aliphatic heterocycles. The topological polar surface area (TPSA) is 46.2 Å². The van der Waals surface area contributed by atoms with Crippen LogP contribution in [0.5, 0.6) is 0 Å². The van der Waals surface area contributed by atoms with E-state index >= 15 is 0 Å². The molecule has 0 aromatic rings. The van der Waals surface area contributed by atoms with Gasteiger partial charge in [-0.2, -0.15) is 0 Å². The molecule has 3 N–H and O–H groups in total. The molecule has 3 fully saturated rings. The lowest BCUT2D eigenvalue weighted by Gasteiger charge is -2.53. The first-order valence-corrected chi connectivity index (χ1v) is 5.03. The van der Waals surface area contributed by atoms with Gasteiger partial charge in [0.25, 0.3) is 0 Å². The quantitative estimate of drug-likeness (QED) is 0.623. The van der Waals surface area contributed by atoms with Gasteiger partial charge in [0.1, 0.15) is 0 Å². The summed E-state index contributed by atoms with van der Waals surface area (Å²) in [5.74, 6) is 0. The highest BCUT2D eigenvalue weighted by Gasteiger charge is 2.48. The van der Waals surface area contributed by atoms with Crippen molar-refractivity contribution in [3.63, 3.8) is 0 Å². The predicted octanol–water partition coefficient (Wildman–Crippen LogP) is 1.42. The van der Waals surface area contributed by atoms with Gasteiger partial charge in [-0.1, -0.05) is 0 Å². The molecule has 3 rings (SSSR count). The number of hydrogen-bond acceptors (Lipinski definition) is 2. The highest BCUT2D eigenvalue weighted by Crippen LogP contribution is 2.52. The number of hydrogen-bond donors (Lipinski definition) is 2. The summed E-state index contributed by atoms with van der Waals surface area (Å²) in [6, 6.07) is 0. The van der Waals surface area contributed by atoms with Gasteiger partial charge < -0.3 is 10.8 Å². The summed E-state index contributed by atoms with van der Waals surface area (Å²) < 4.78 is 0. The smallest absolute Gasteiger partial charge is 0.0568 e. The first kappa shape index (κ1) is 8.52. The van der Waals surface area contributed by atoms with Gasteiger partial charge in [-0.25, -0.2) is 0 Å². The average Bonchev–Trinajstić information content (AvgIpc) is 2.06. The molecule has 1 unspecified atom stereocenters. The Balaban J connectivity index is 2.14. The molecule has 0 aromatic carbocycles. The number of fused-ring (bicyclic) bond motifs is 3. The van der Waals surface area contributed by atoms with Gasteiger partial charge in [0.05, 0.1) is 6.10 Å². The molecule has 0 aromatic heterocycles. The molecule has 2 nitrogen and oxygen atoms in total. The van der Waals surface area contributed by atoms with Crippen molar-refractivity contribution in [2.75, 3.05) is 0 Å². The van der Waals surface area contributed by atoms with E-state index < -0.39 is 0 Å². The Kier molecular flexibility index (Phi) is 1.74. The number of aliphatic hydroxyl groups is 1. The Morgan fingerprint density at radius 2 is 1.50 bits per heavy atom. The van der Waals surface area contributed by atoms with E-state index in [-0.39, 0.29) is 17.1 Å². The van der Waals surface area contributed by atoms with E-state index in [2.05, 4.69) is 0 Å². The highest BCUT2D eigenvalue weighted by molar-refractivity contribution is 5.04. The van der Waals surface area contributed by atoms with Crippen LogP contribution in [0.2, 0.25) is 0 Å². The van der Waals surface area contributed by atoms with Crippen LogP contribution in [0.4, 0.5) is 0 Å². The monoisotopic (exact) mass is 169 g/mol. The second kappa shape index (κ2) is 2.46. The minimum Gasteiger partial charge on any atom is -0.393 e. The van der Waals surface area contributed by atoms with Crippen LogP contribution in [0.15, 0.2) is 0 Å². The Morgan fingerprint density at radius 1 is 1.08 bits per heavy atom. The second-order valence-electron chi connectivity index (χ2n) is 4.90. The van der Waals surface area contributed by atoms with Gasteiger partial charge in [0.15, 0.2) is 0 Å². The van der Waals surface area contributed by atoms with Crippen LogP contribution < -0.4 is 5.73 Å². The number of aliphatic hydroxyl groups excluding tert-OH is 1. The van der Waals surface area contributed by atoms with E-state index in [0.29, 0.717) is 0 Å². The third kappa shape index (κ3) is 1.09. The van der Waals surface area contributed by atoms with Gasteiger partial charge in [0, 0.05) is 5.54 Å². The van der Waals surface area contributed by atoms with Gasteiger partial charge in [-0.3, -0.25) is 0 Å². The van der Waals surface area contributed by atoms with Crippen molar-refractivity contribution in [1.29, 1.82) is 0 Å². The molecule has 2 heteroatoms. The molecule has 0 saturated heterocycles. The van der Waals surface area contributed by atoms with Crippen molar-refractivity contribution in [1.82, 2.24) is 0 Å². The molecule has 2 bridgehead atoms. The molecule has 0 spiro atoms. The fourth-order valence-electron chi connectivity index (χ4n) is 2.87. The van der Waals surface area contributed by atoms with E-state index in [1.54, 1.807) is 0 Å². The van der Waals surface area contributed by atoms with Crippen LogP contribution in [0.3, 0.4) is 0 Å². The van der Waals surface area contributed by atoms with Crippen LogP contribution in [-0.4, -0.2) is 16.7 Å². The molecule has 3 aliphatic carbocycles. The largest absolute Gasteiger partial charge is 0.393 e. The first-order valence-electron chi connectivity index (χ1n) is 5.03. The summed E-state index contributed by atoms with van der Waals surface area (Å²) in [7, 11) is 0. The van der Waals surface area contributed by atoms with E-state index in [9.17, 15) is 5.11 Å². The van der Waals surface area contributed by atoms with Crippen molar-refractivity contribution < 1.29 is 5.11 Å². The summed E-state index contributed by atoms with van der Waals surface area (Å²) in [5.41, 5.74) is 6.55. The van der Waals surface area contributed by atoms with Gasteiger partial charge in [-0.15, -0.1) is 0 Å². The lowest BCUT2D eigenvalue weighted by molar-refractivity contribution is -0.0522. The van der Waals surface area contributed by atoms with Crippen LogP contribution >= 0.6 is 0 Å². The normalized spacial score (nSPS) is 49.2. The molecule has 3 saturated carbocycles. The standard InChI is InChI=1S/C10H19NO/c1-8(12)9-2-5-10(11,6-3-9)7-4-9/h8,12H,2-7,11H2,1H3. The molecule has 0 amide bonds. The Bertz CT molecular complexity index is 164. The average molecular weight is 169 g/mol. The van der Waals surface area contributed by atoms with Crippen molar-refractivity contribution >= 4 is 0 Å². The minimum atomic E-state index is -0.137. The maximum Gasteiger partial charge on any atom is 0.0568 e. The highest BCUT2D eigenvalue weighted by atomic mass is 16.3. The summed E-state index contributed by atoms with van der Waals surface area (Å²) in [4.78, 5) is 0.